The van der Waals surface area contributed by atoms with E-state index in [1.165, 1.54) is 29.9 Å². The molecule has 1 aliphatic heterocycles. The van der Waals surface area contributed by atoms with E-state index in [4.69, 9.17) is 10.00 Å². The van der Waals surface area contributed by atoms with Crippen molar-refractivity contribution in [1.29, 1.82) is 5.26 Å². The van der Waals surface area contributed by atoms with Gasteiger partial charge in [-0.3, -0.25) is 4.79 Å². The molecule has 2 aromatic rings. The normalized spacial score (nSPS) is 20.0. The van der Waals surface area contributed by atoms with E-state index >= 15 is 0 Å². The summed E-state index contributed by atoms with van der Waals surface area (Å²) in [4.78, 5) is 12.7. The highest BCUT2D eigenvalue weighted by atomic mass is 32.2. The van der Waals surface area contributed by atoms with Crippen molar-refractivity contribution in [3.8, 4) is 11.8 Å². The van der Waals surface area contributed by atoms with E-state index in [0.717, 1.165) is 6.07 Å². The maximum Gasteiger partial charge on any atom is 0.276 e. The monoisotopic (exact) mass is 436 g/mol. The summed E-state index contributed by atoms with van der Waals surface area (Å²) < 4.78 is 48.7. The summed E-state index contributed by atoms with van der Waals surface area (Å²) in [5.41, 5.74) is -0.147. The van der Waals surface area contributed by atoms with Crippen LogP contribution >= 0.6 is 0 Å². The molecule has 9 nitrogen and oxygen atoms in total. The molecule has 2 heterocycles. The SMILES string of the molecule is CC(C)[C@H]1Oc2c(cn(C)c2C(=O)Nc2ccc(F)c(C#N)c2)S(=O)(=O)N[C@@H]1CO. The van der Waals surface area contributed by atoms with Gasteiger partial charge in [-0.25, -0.2) is 17.5 Å². The van der Waals surface area contributed by atoms with Crippen LogP contribution < -0.4 is 14.8 Å². The van der Waals surface area contributed by atoms with Crippen molar-refractivity contribution in [1.82, 2.24) is 9.29 Å². The number of nitrogens with zero attached hydrogens (tertiary/aromatic N) is 2. The number of nitrogens with one attached hydrogen (secondary N) is 2. The summed E-state index contributed by atoms with van der Waals surface area (Å²) in [5, 5.41) is 21.1. The predicted octanol–water partition coefficient (Wildman–Crippen LogP) is 1.34. The minimum absolute atomic E-state index is 0.0672. The Bertz CT molecular complexity index is 1140. The second-order valence-electron chi connectivity index (χ2n) is 7.28. The van der Waals surface area contributed by atoms with E-state index in [2.05, 4.69) is 10.0 Å². The summed E-state index contributed by atoms with van der Waals surface area (Å²) in [6, 6.07) is 4.30. The number of hydrogen-bond acceptors (Lipinski definition) is 6. The van der Waals surface area contributed by atoms with Crippen LogP contribution in [-0.4, -0.2) is 42.8 Å². The number of benzene rings is 1. The predicted molar refractivity (Wildman–Crippen MR) is 105 cm³/mol. The number of halogens is 1. The van der Waals surface area contributed by atoms with Crippen molar-refractivity contribution in [2.45, 2.75) is 30.9 Å². The molecule has 0 spiro atoms. The summed E-state index contributed by atoms with van der Waals surface area (Å²) in [6.45, 7) is 3.13. The number of carbonyl (C=O) groups is 1. The Balaban J connectivity index is 2.05. The summed E-state index contributed by atoms with van der Waals surface area (Å²) in [6.07, 6.45) is 0.519. The Morgan fingerprint density at radius 1 is 1.47 bits per heavy atom. The molecule has 1 aliphatic rings. The molecule has 2 atom stereocenters. The molecule has 30 heavy (non-hydrogen) atoms. The highest BCUT2D eigenvalue weighted by molar-refractivity contribution is 7.89. The first-order chi connectivity index (χ1) is 14.1. The fraction of sp³-hybridized carbons (Fsp3) is 0.368. The molecule has 1 amide bonds. The largest absolute Gasteiger partial charge is 0.484 e. The van der Waals surface area contributed by atoms with Gasteiger partial charge in [0.25, 0.3) is 5.91 Å². The molecule has 0 saturated heterocycles. The standard InChI is InChI=1S/C19H21FN4O5S/c1-10(2)17-14(9-25)23-30(27,28)15-8-24(3)16(18(15)29-17)19(26)22-12-4-5-13(20)11(6-12)7-21/h4-6,8,10,14,17,23,25H,9H2,1-3H3,(H,22,26)/t14-,17-/m1/s1. The number of fused-ring (bicyclic) bond motifs is 1. The first-order valence-corrected chi connectivity index (χ1v) is 10.6. The molecular weight excluding hydrogens is 415 g/mol. The molecule has 3 N–H and O–H groups in total. The highest BCUT2D eigenvalue weighted by Gasteiger charge is 2.40. The lowest BCUT2D eigenvalue weighted by atomic mass is 10.0. The van der Waals surface area contributed by atoms with Gasteiger partial charge in [0.15, 0.2) is 11.4 Å². The van der Waals surface area contributed by atoms with Crippen molar-refractivity contribution < 1.29 is 27.4 Å². The highest BCUT2D eigenvalue weighted by Crippen LogP contribution is 2.35. The number of aromatic nitrogens is 1. The van der Waals surface area contributed by atoms with Gasteiger partial charge in [-0.1, -0.05) is 13.8 Å². The molecule has 0 fully saturated rings. The number of aliphatic hydroxyl groups excluding tert-OH is 1. The van der Waals surface area contributed by atoms with Crippen molar-refractivity contribution in [2.24, 2.45) is 13.0 Å². The zero-order valence-electron chi connectivity index (χ0n) is 16.5. The van der Waals surface area contributed by atoms with Crippen LogP contribution in [-0.2, 0) is 17.1 Å². The van der Waals surface area contributed by atoms with Gasteiger partial charge in [-0.2, -0.15) is 5.26 Å². The Morgan fingerprint density at radius 2 is 2.17 bits per heavy atom. The number of rotatable bonds is 4. The van der Waals surface area contributed by atoms with E-state index in [1.807, 2.05) is 0 Å². The molecule has 11 heteroatoms. The smallest absolute Gasteiger partial charge is 0.276 e. The number of ether oxygens (including phenoxy) is 1. The lowest BCUT2D eigenvalue weighted by Gasteiger charge is -2.27. The molecule has 3 rings (SSSR count). The number of carbonyl (C=O) groups excluding carboxylic acids is 1. The van der Waals surface area contributed by atoms with Crippen molar-refractivity contribution in [2.75, 3.05) is 11.9 Å². The quantitative estimate of drug-likeness (QED) is 0.662. The maximum absolute atomic E-state index is 13.5. The molecule has 0 unspecified atom stereocenters. The Hall–Kier alpha value is -2.94. The lowest BCUT2D eigenvalue weighted by molar-refractivity contribution is 0.0837. The molecule has 1 aromatic carbocycles. The summed E-state index contributed by atoms with van der Waals surface area (Å²) in [7, 11) is -2.57. The number of aryl methyl sites for hydroxylation is 1. The zero-order valence-corrected chi connectivity index (χ0v) is 17.3. The number of aliphatic hydroxyl groups is 1. The van der Waals surface area contributed by atoms with Gasteiger partial charge < -0.3 is 19.7 Å². The number of sulfonamides is 1. The van der Waals surface area contributed by atoms with Crippen molar-refractivity contribution in [3.63, 3.8) is 0 Å². The van der Waals surface area contributed by atoms with Crippen molar-refractivity contribution in [3.05, 3.63) is 41.5 Å². The van der Waals surface area contributed by atoms with Crippen LogP contribution in [0.15, 0.2) is 29.3 Å². The Labute approximate surface area is 173 Å². The Kier molecular flexibility index (Phi) is 5.85. The first-order valence-electron chi connectivity index (χ1n) is 9.09. The van der Waals surface area contributed by atoms with Crippen molar-refractivity contribution >= 4 is 21.6 Å². The lowest BCUT2D eigenvalue weighted by Crippen LogP contribution is -2.48. The van der Waals surface area contributed by atoms with E-state index in [-0.39, 0.29) is 33.5 Å². The summed E-state index contributed by atoms with van der Waals surface area (Å²) in [5.74, 6) is -1.74. The first kappa shape index (κ1) is 21.8. The minimum atomic E-state index is -4.06. The van der Waals surface area contributed by atoms with Crippen LogP contribution in [0, 0.1) is 23.1 Å². The van der Waals surface area contributed by atoms with Gasteiger partial charge in [0.1, 0.15) is 22.9 Å². The third-order valence-corrected chi connectivity index (χ3v) is 6.25. The second kappa shape index (κ2) is 8.06. The molecule has 1 aromatic heterocycles. The fourth-order valence-corrected chi connectivity index (χ4v) is 4.73. The Morgan fingerprint density at radius 3 is 2.77 bits per heavy atom. The number of amides is 1. The molecule has 160 valence electrons. The van der Waals surface area contributed by atoms with Crippen LogP contribution in [0.4, 0.5) is 10.1 Å². The second-order valence-corrected chi connectivity index (χ2v) is 8.96. The minimum Gasteiger partial charge on any atom is -0.484 e. The fourth-order valence-electron chi connectivity index (χ4n) is 3.31. The van der Waals surface area contributed by atoms with Gasteiger partial charge in [0, 0.05) is 18.9 Å². The number of anilines is 1. The molecule has 0 saturated carbocycles. The average molecular weight is 436 g/mol. The van der Waals surface area contributed by atoms with Gasteiger partial charge in [-0.15, -0.1) is 0 Å². The van der Waals surface area contributed by atoms with Crippen LogP contribution in [0.2, 0.25) is 0 Å². The zero-order chi connectivity index (χ0) is 22.2. The number of nitriles is 1. The topological polar surface area (TPSA) is 133 Å². The third-order valence-electron chi connectivity index (χ3n) is 4.76. The maximum atomic E-state index is 13.5. The van der Waals surface area contributed by atoms with Gasteiger partial charge in [0.05, 0.1) is 18.2 Å². The molecule has 0 aliphatic carbocycles. The van der Waals surface area contributed by atoms with Crippen LogP contribution in [0.3, 0.4) is 0 Å². The van der Waals surface area contributed by atoms with E-state index < -0.39 is 40.5 Å². The van der Waals surface area contributed by atoms with Gasteiger partial charge >= 0.3 is 0 Å². The van der Waals surface area contributed by atoms with E-state index in [1.54, 1.807) is 19.9 Å². The van der Waals surface area contributed by atoms with E-state index in [0.29, 0.717) is 0 Å². The van der Waals surface area contributed by atoms with Crippen LogP contribution in [0.5, 0.6) is 5.75 Å². The third kappa shape index (κ3) is 3.89. The van der Waals surface area contributed by atoms with Crippen LogP contribution in [0.1, 0.15) is 29.9 Å². The average Bonchev–Trinajstić information content (AvgIpc) is 2.97. The number of hydrogen-bond donors (Lipinski definition) is 3. The van der Waals surface area contributed by atoms with Gasteiger partial charge in [-0.05, 0) is 24.1 Å². The summed E-state index contributed by atoms with van der Waals surface area (Å²) >= 11 is 0. The van der Waals surface area contributed by atoms with Gasteiger partial charge in [0.2, 0.25) is 10.0 Å². The van der Waals surface area contributed by atoms with Crippen LogP contribution in [0.25, 0.3) is 0 Å². The molecular formula is C19H21FN4O5S. The van der Waals surface area contributed by atoms with E-state index in [9.17, 15) is 22.7 Å². The molecule has 0 radical (unpaired) electrons. The molecule has 0 bridgehead atoms.